The summed E-state index contributed by atoms with van der Waals surface area (Å²) in [5, 5.41) is 0. The smallest absolute Gasteiger partial charge is 0.241 e. The molecule has 146 valence electrons. The molecule has 0 heterocycles. The van der Waals surface area contributed by atoms with Crippen LogP contribution >= 0.6 is 0 Å². The fourth-order valence-electron chi connectivity index (χ4n) is 2.66. The van der Waals surface area contributed by atoms with Crippen molar-refractivity contribution in [3.8, 4) is 5.75 Å². The van der Waals surface area contributed by atoms with Crippen LogP contribution in [0.25, 0.3) is 0 Å². The molecular formula is C16H27N5O4S. The van der Waals surface area contributed by atoms with E-state index in [0.717, 1.165) is 0 Å². The van der Waals surface area contributed by atoms with Crippen molar-refractivity contribution in [2.45, 2.75) is 44.6 Å². The molecule has 1 aromatic carbocycles. The lowest BCUT2D eigenvalue weighted by Gasteiger charge is -2.20. The Morgan fingerprint density at radius 2 is 1.85 bits per heavy atom. The number of methoxy groups -OCH3 is 1. The van der Waals surface area contributed by atoms with E-state index in [1.165, 1.54) is 7.11 Å². The summed E-state index contributed by atoms with van der Waals surface area (Å²) < 4.78 is 33.4. The largest absolute Gasteiger partial charge is 0.496 e. The van der Waals surface area contributed by atoms with Crippen molar-refractivity contribution in [2.75, 3.05) is 13.7 Å². The molecule has 1 atom stereocenters. The predicted molar refractivity (Wildman–Crippen MR) is 100 cm³/mol. The van der Waals surface area contributed by atoms with E-state index in [4.69, 9.17) is 21.9 Å². The molecule has 0 radical (unpaired) electrons. The number of guanidine groups is 1. The molecule has 0 bridgehead atoms. The Morgan fingerprint density at radius 3 is 2.35 bits per heavy atom. The van der Waals surface area contributed by atoms with Crippen LogP contribution in [-0.4, -0.2) is 40.0 Å². The van der Waals surface area contributed by atoms with Crippen molar-refractivity contribution < 1.29 is 17.9 Å². The van der Waals surface area contributed by atoms with Gasteiger partial charge < -0.3 is 21.9 Å². The van der Waals surface area contributed by atoms with Gasteiger partial charge in [-0.1, -0.05) is 0 Å². The molecular weight excluding hydrogens is 358 g/mol. The molecule has 1 amide bonds. The second kappa shape index (κ2) is 8.86. The SMILES string of the molecule is COc1cc(C)c(S(=O)(=O)N[C@H](CCCN=C(N)N)C(N)=O)c(C)c1C. The van der Waals surface area contributed by atoms with Crippen molar-refractivity contribution in [1.29, 1.82) is 0 Å². The first-order valence-electron chi connectivity index (χ1n) is 8.03. The van der Waals surface area contributed by atoms with Crippen LogP contribution in [0, 0.1) is 20.8 Å². The topological polar surface area (TPSA) is 163 Å². The number of nitrogens with zero attached hydrogens (tertiary/aromatic N) is 1. The van der Waals surface area contributed by atoms with Crippen molar-refractivity contribution in [1.82, 2.24) is 4.72 Å². The predicted octanol–water partition coefficient (Wildman–Crippen LogP) is -0.194. The third-order valence-electron chi connectivity index (χ3n) is 4.05. The molecule has 0 aliphatic heterocycles. The minimum Gasteiger partial charge on any atom is -0.496 e. The van der Waals surface area contributed by atoms with Crippen LogP contribution in [-0.2, 0) is 14.8 Å². The summed E-state index contributed by atoms with van der Waals surface area (Å²) in [6.45, 7) is 5.40. The third-order valence-corrected chi connectivity index (χ3v) is 5.81. The number of aryl methyl sites for hydroxylation is 1. The lowest BCUT2D eigenvalue weighted by Crippen LogP contribution is -2.44. The molecule has 1 rings (SSSR count). The number of nitrogens with two attached hydrogens (primary N) is 3. The zero-order valence-corrected chi connectivity index (χ0v) is 16.3. The minimum absolute atomic E-state index is 0.0684. The monoisotopic (exact) mass is 385 g/mol. The van der Waals surface area contributed by atoms with Crippen molar-refractivity contribution in [3.05, 3.63) is 22.8 Å². The van der Waals surface area contributed by atoms with Gasteiger partial charge in [0.05, 0.1) is 12.0 Å². The van der Waals surface area contributed by atoms with Crippen LogP contribution in [0.3, 0.4) is 0 Å². The summed E-state index contributed by atoms with van der Waals surface area (Å²) in [6.07, 6.45) is 0.576. The molecule has 0 saturated heterocycles. The second-order valence-electron chi connectivity index (χ2n) is 6.00. The van der Waals surface area contributed by atoms with Gasteiger partial charge >= 0.3 is 0 Å². The minimum atomic E-state index is -3.96. The van der Waals surface area contributed by atoms with Crippen LogP contribution in [0.4, 0.5) is 0 Å². The van der Waals surface area contributed by atoms with Crippen molar-refractivity contribution in [2.24, 2.45) is 22.2 Å². The summed E-state index contributed by atoms with van der Waals surface area (Å²) in [6, 6.07) is 0.588. The maximum atomic E-state index is 12.9. The van der Waals surface area contributed by atoms with Crippen LogP contribution in [0.1, 0.15) is 29.5 Å². The molecule has 9 nitrogen and oxygen atoms in total. The normalized spacial score (nSPS) is 12.5. The Kier molecular flexibility index (Phi) is 7.40. The van der Waals surface area contributed by atoms with Gasteiger partial charge in [0, 0.05) is 6.54 Å². The molecule has 0 aliphatic rings. The van der Waals surface area contributed by atoms with E-state index in [2.05, 4.69) is 9.71 Å². The average Bonchev–Trinajstić information content (AvgIpc) is 2.53. The lowest BCUT2D eigenvalue weighted by atomic mass is 10.1. The number of hydrogen-bond acceptors (Lipinski definition) is 5. The van der Waals surface area contributed by atoms with Gasteiger partial charge in [0.2, 0.25) is 15.9 Å². The van der Waals surface area contributed by atoms with Gasteiger partial charge in [-0.15, -0.1) is 0 Å². The van der Waals surface area contributed by atoms with E-state index < -0.39 is 22.0 Å². The van der Waals surface area contributed by atoms with E-state index in [-0.39, 0.29) is 23.8 Å². The Morgan fingerprint density at radius 1 is 1.23 bits per heavy atom. The number of nitrogens with one attached hydrogen (secondary N) is 1. The number of hydrogen-bond donors (Lipinski definition) is 4. The van der Waals surface area contributed by atoms with E-state index in [1.807, 2.05) is 0 Å². The Balaban J connectivity index is 3.11. The van der Waals surface area contributed by atoms with Crippen LogP contribution in [0.5, 0.6) is 5.75 Å². The van der Waals surface area contributed by atoms with Crippen molar-refractivity contribution >= 4 is 21.9 Å². The molecule has 0 fully saturated rings. The molecule has 0 unspecified atom stereocenters. The van der Waals surface area contributed by atoms with Gasteiger partial charge in [-0.05, 0) is 56.4 Å². The maximum absolute atomic E-state index is 12.9. The summed E-state index contributed by atoms with van der Waals surface area (Å²) in [5.41, 5.74) is 17.6. The zero-order valence-electron chi connectivity index (χ0n) is 15.5. The Hall–Kier alpha value is -2.33. The summed E-state index contributed by atoms with van der Waals surface area (Å²) >= 11 is 0. The summed E-state index contributed by atoms with van der Waals surface area (Å²) in [5.74, 6) is -0.234. The van der Waals surface area contributed by atoms with Crippen LogP contribution in [0.15, 0.2) is 16.0 Å². The number of ether oxygens (including phenoxy) is 1. The van der Waals surface area contributed by atoms with E-state index >= 15 is 0 Å². The number of sulfonamides is 1. The fourth-order valence-corrected chi connectivity index (χ4v) is 4.42. The number of carbonyl (C=O) groups is 1. The summed E-state index contributed by atoms with van der Waals surface area (Å²) in [4.78, 5) is 15.6. The number of aliphatic imine (C=N–C) groups is 1. The Bertz CT molecular complexity index is 801. The third kappa shape index (κ3) is 5.33. The van der Waals surface area contributed by atoms with Gasteiger partial charge in [-0.25, -0.2) is 8.42 Å². The van der Waals surface area contributed by atoms with Gasteiger partial charge in [0.1, 0.15) is 11.8 Å². The highest BCUT2D eigenvalue weighted by molar-refractivity contribution is 7.89. The number of benzene rings is 1. The maximum Gasteiger partial charge on any atom is 0.241 e. The highest BCUT2D eigenvalue weighted by Gasteiger charge is 2.27. The number of rotatable bonds is 9. The number of primary amides is 1. The standard InChI is InChI=1S/C16H27N5O4S/c1-9-8-13(25-4)10(2)11(3)14(9)26(23,24)21-12(15(17)22)6-5-7-20-16(18)19/h8,12,21H,5-7H2,1-4H3,(H2,17,22)(H4,18,19,20)/t12-/m1/s1. The quantitative estimate of drug-likeness (QED) is 0.261. The molecule has 26 heavy (non-hydrogen) atoms. The average molecular weight is 385 g/mol. The van der Waals surface area contributed by atoms with Crippen LogP contribution in [0.2, 0.25) is 0 Å². The lowest BCUT2D eigenvalue weighted by molar-refractivity contribution is -0.119. The highest BCUT2D eigenvalue weighted by atomic mass is 32.2. The fraction of sp³-hybridized carbons (Fsp3) is 0.500. The molecule has 0 saturated carbocycles. The second-order valence-corrected chi connectivity index (χ2v) is 7.65. The van der Waals surface area contributed by atoms with Gasteiger partial charge in [-0.3, -0.25) is 9.79 Å². The first-order chi connectivity index (χ1) is 12.0. The zero-order chi connectivity index (χ0) is 20.1. The molecule has 10 heteroatoms. The highest BCUT2D eigenvalue weighted by Crippen LogP contribution is 2.30. The molecule has 7 N–H and O–H groups in total. The van der Waals surface area contributed by atoms with Crippen LogP contribution < -0.4 is 26.7 Å². The van der Waals surface area contributed by atoms with Gasteiger partial charge in [-0.2, -0.15) is 4.72 Å². The number of amides is 1. The van der Waals surface area contributed by atoms with E-state index in [0.29, 0.717) is 28.9 Å². The molecule has 0 aliphatic carbocycles. The van der Waals surface area contributed by atoms with E-state index in [9.17, 15) is 13.2 Å². The Labute approximate surface area is 154 Å². The molecule has 1 aromatic rings. The van der Waals surface area contributed by atoms with Gasteiger partial charge in [0.25, 0.3) is 0 Å². The van der Waals surface area contributed by atoms with Gasteiger partial charge in [0.15, 0.2) is 5.96 Å². The first-order valence-corrected chi connectivity index (χ1v) is 9.51. The molecule has 0 spiro atoms. The number of carbonyl (C=O) groups excluding carboxylic acids is 1. The first kappa shape index (κ1) is 21.7. The molecule has 0 aromatic heterocycles. The summed E-state index contributed by atoms with van der Waals surface area (Å²) in [7, 11) is -2.44. The van der Waals surface area contributed by atoms with E-state index in [1.54, 1.807) is 26.8 Å². The van der Waals surface area contributed by atoms with Crippen molar-refractivity contribution in [3.63, 3.8) is 0 Å².